The molecule has 4 heteroatoms. The van der Waals surface area contributed by atoms with Crippen molar-refractivity contribution in [3.05, 3.63) is 66.4 Å². The summed E-state index contributed by atoms with van der Waals surface area (Å²) in [5.74, 6) is 0.713. The van der Waals surface area contributed by atoms with Crippen molar-refractivity contribution in [2.24, 2.45) is 0 Å². The monoisotopic (exact) mass is 307 g/mol. The largest absolute Gasteiger partial charge is 0.290 e. The molecule has 0 spiro atoms. The van der Waals surface area contributed by atoms with Gasteiger partial charge in [-0.05, 0) is 37.3 Å². The Balaban J connectivity index is 1.82. The van der Waals surface area contributed by atoms with Crippen molar-refractivity contribution in [3.63, 3.8) is 0 Å². The lowest BCUT2D eigenvalue weighted by atomic mass is 9.90. The molecule has 4 nitrogen and oxygen atoms in total. The summed E-state index contributed by atoms with van der Waals surface area (Å²) >= 11 is 0. The van der Waals surface area contributed by atoms with Crippen molar-refractivity contribution >= 4 is 17.8 Å². The van der Waals surface area contributed by atoms with Gasteiger partial charge in [0, 0.05) is 18.2 Å². The number of hydrogen-bond donors (Lipinski definition) is 1. The molecule has 1 fully saturated rings. The second kappa shape index (κ2) is 7.09. The van der Waals surface area contributed by atoms with Crippen molar-refractivity contribution in [2.45, 2.75) is 31.7 Å². The summed E-state index contributed by atoms with van der Waals surface area (Å²) in [6.07, 6.45) is 9.13. The van der Waals surface area contributed by atoms with Crippen molar-refractivity contribution < 1.29 is 4.79 Å². The predicted octanol–water partition coefficient (Wildman–Crippen LogP) is 3.95. The average Bonchev–Trinajstić information content (AvgIpc) is 3.08. The van der Waals surface area contributed by atoms with E-state index >= 15 is 0 Å². The van der Waals surface area contributed by atoms with Crippen LogP contribution in [0.1, 0.15) is 31.2 Å². The number of aromatic amines is 1. The molecule has 1 atom stereocenters. The van der Waals surface area contributed by atoms with Gasteiger partial charge in [0.05, 0.1) is 6.20 Å². The van der Waals surface area contributed by atoms with Crippen LogP contribution in [-0.2, 0) is 4.79 Å². The van der Waals surface area contributed by atoms with E-state index in [4.69, 9.17) is 0 Å². The minimum atomic E-state index is -0.0298. The van der Waals surface area contributed by atoms with Gasteiger partial charge in [0.15, 0.2) is 0 Å². The van der Waals surface area contributed by atoms with Gasteiger partial charge in [0.25, 0.3) is 5.91 Å². The number of H-pyrrole nitrogens is 1. The zero-order valence-corrected chi connectivity index (χ0v) is 13.1. The Morgan fingerprint density at radius 3 is 2.83 bits per heavy atom. The third-order valence-electron chi connectivity index (χ3n) is 4.16. The molecular weight excluding hydrogens is 286 g/mol. The number of carbonyl (C=O) groups excluding carboxylic acids is 1. The van der Waals surface area contributed by atoms with Gasteiger partial charge in [-0.2, -0.15) is 5.10 Å². The van der Waals surface area contributed by atoms with Crippen LogP contribution in [-0.4, -0.2) is 22.1 Å². The number of rotatable bonds is 4. The van der Waals surface area contributed by atoms with E-state index in [-0.39, 0.29) is 11.9 Å². The summed E-state index contributed by atoms with van der Waals surface area (Å²) in [4.78, 5) is 14.6. The van der Waals surface area contributed by atoms with Gasteiger partial charge in [-0.3, -0.25) is 14.8 Å². The van der Waals surface area contributed by atoms with E-state index < -0.39 is 0 Å². The predicted molar refractivity (Wildman–Crippen MR) is 92.9 cm³/mol. The first-order chi connectivity index (χ1) is 11.2. The van der Waals surface area contributed by atoms with Crippen LogP contribution in [0.3, 0.4) is 0 Å². The Kier molecular flexibility index (Phi) is 4.71. The first-order valence-corrected chi connectivity index (χ1v) is 7.96. The van der Waals surface area contributed by atoms with Crippen LogP contribution in [0.4, 0.5) is 5.82 Å². The molecule has 2 aromatic rings. The highest BCUT2D eigenvalue weighted by atomic mass is 16.2. The van der Waals surface area contributed by atoms with Gasteiger partial charge in [-0.15, -0.1) is 0 Å². The molecule has 0 bridgehead atoms. The van der Waals surface area contributed by atoms with Crippen LogP contribution in [0, 0.1) is 0 Å². The fraction of sp³-hybridized carbons (Fsp3) is 0.263. The Morgan fingerprint density at radius 1 is 1.30 bits per heavy atom. The zero-order chi connectivity index (χ0) is 16.1. The fourth-order valence-corrected chi connectivity index (χ4v) is 3.04. The Hall–Kier alpha value is -2.62. The van der Waals surface area contributed by atoms with Gasteiger partial charge in [-0.25, -0.2) is 0 Å². The van der Waals surface area contributed by atoms with E-state index in [1.54, 1.807) is 12.3 Å². The van der Waals surface area contributed by atoms with Crippen LogP contribution in [0.25, 0.3) is 6.08 Å². The maximum absolute atomic E-state index is 12.8. The molecule has 1 aromatic carbocycles. The lowest BCUT2D eigenvalue weighted by Crippen LogP contribution is -2.41. The summed E-state index contributed by atoms with van der Waals surface area (Å²) in [6, 6.07) is 11.8. The van der Waals surface area contributed by atoms with Crippen molar-refractivity contribution in [3.8, 4) is 0 Å². The van der Waals surface area contributed by atoms with E-state index in [2.05, 4.69) is 16.8 Å². The number of hydrogen-bond acceptors (Lipinski definition) is 2. The fourth-order valence-electron chi connectivity index (χ4n) is 3.04. The highest BCUT2D eigenvalue weighted by molar-refractivity contribution is 6.03. The van der Waals surface area contributed by atoms with Crippen LogP contribution >= 0.6 is 0 Å². The SMILES string of the molecule is C=C1CCCC(N(C(=O)/C=C/c2ccccc2)c2ccn[nH]2)C1. The number of benzene rings is 1. The van der Waals surface area contributed by atoms with E-state index in [1.165, 1.54) is 5.57 Å². The van der Waals surface area contributed by atoms with E-state index in [1.807, 2.05) is 47.4 Å². The second-order valence-corrected chi connectivity index (χ2v) is 5.89. The minimum absolute atomic E-state index is 0.0298. The highest BCUT2D eigenvalue weighted by Crippen LogP contribution is 2.29. The Labute approximate surface area is 136 Å². The molecule has 0 radical (unpaired) electrons. The van der Waals surface area contributed by atoms with Crippen molar-refractivity contribution in [1.29, 1.82) is 0 Å². The van der Waals surface area contributed by atoms with Crippen LogP contribution in [0.15, 0.2) is 60.8 Å². The van der Waals surface area contributed by atoms with Gasteiger partial charge < -0.3 is 0 Å². The summed E-state index contributed by atoms with van der Waals surface area (Å²) in [5, 5.41) is 6.91. The summed E-state index contributed by atoms with van der Waals surface area (Å²) < 4.78 is 0. The molecule has 1 saturated carbocycles. The molecule has 1 N–H and O–H groups in total. The molecule has 118 valence electrons. The number of anilines is 1. The normalized spacial score (nSPS) is 18.3. The topological polar surface area (TPSA) is 49.0 Å². The second-order valence-electron chi connectivity index (χ2n) is 5.89. The molecule has 0 saturated heterocycles. The molecule has 1 aliphatic rings. The lowest BCUT2D eigenvalue weighted by molar-refractivity contribution is -0.114. The maximum atomic E-state index is 12.8. The molecule has 3 rings (SSSR count). The number of nitrogens with zero attached hydrogens (tertiary/aromatic N) is 2. The zero-order valence-electron chi connectivity index (χ0n) is 13.1. The Morgan fingerprint density at radius 2 is 2.13 bits per heavy atom. The molecule has 1 aromatic heterocycles. The first-order valence-electron chi connectivity index (χ1n) is 7.96. The highest BCUT2D eigenvalue weighted by Gasteiger charge is 2.27. The molecule has 1 amide bonds. The number of aromatic nitrogens is 2. The number of amides is 1. The third-order valence-corrected chi connectivity index (χ3v) is 4.16. The molecule has 1 aliphatic carbocycles. The van der Waals surface area contributed by atoms with E-state index in [9.17, 15) is 4.79 Å². The van der Waals surface area contributed by atoms with Crippen LogP contribution < -0.4 is 4.90 Å². The van der Waals surface area contributed by atoms with Gasteiger partial charge in [0.2, 0.25) is 0 Å². The van der Waals surface area contributed by atoms with Crippen LogP contribution in [0.5, 0.6) is 0 Å². The molecule has 0 aliphatic heterocycles. The standard InChI is InChI=1S/C19H21N3O/c1-15-6-5-9-17(14-15)22(18-12-13-20-21-18)19(23)11-10-16-7-3-2-4-8-16/h2-4,7-8,10-13,17H,1,5-6,9,14H2,(H,20,21)/b11-10+. The smallest absolute Gasteiger partial charge is 0.252 e. The van der Waals surface area contributed by atoms with Gasteiger partial charge in [0.1, 0.15) is 5.82 Å². The maximum Gasteiger partial charge on any atom is 0.252 e. The van der Waals surface area contributed by atoms with Gasteiger partial charge in [-0.1, -0.05) is 42.5 Å². The summed E-state index contributed by atoms with van der Waals surface area (Å²) in [6.45, 7) is 4.10. The molecule has 23 heavy (non-hydrogen) atoms. The van der Waals surface area contributed by atoms with E-state index in [0.717, 1.165) is 37.1 Å². The van der Waals surface area contributed by atoms with Crippen molar-refractivity contribution in [2.75, 3.05) is 4.90 Å². The van der Waals surface area contributed by atoms with Crippen molar-refractivity contribution in [1.82, 2.24) is 10.2 Å². The minimum Gasteiger partial charge on any atom is -0.290 e. The molecule has 1 unspecified atom stereocenters. The van der Waals surface area contributed by atoms with Crippen LogP contribution in [0.2, 0.25) is 0 Å². The quantitative estimate of drug-likeness (QED) is 0.686. The molecule has 1 heterocycles. The Bertz CT molecular complexity index is 689. The number of carbonyl (C=O) groups is 1. The number of nitrogens with one attached hydrogen (secondary N) is 1. The van der Waals surface area contributed by atoms with Gasteiger partial charge >= 0.3 is 0 Å². The summed E-state index contributed by atoms with van der Waals surface area (Å²) in [7, 11) is 0. The first kappa shape index (κ1) is 15.3. The summed E-state index contributed by atoms with van der Waals surface area (Å²) in [5.41, 5.74) is 2.23. The lowest BCUT2D eigenvalue weighted by Gasteiger charge is -2.33. The molecular formula is C19H21N3O. The average molecular weight is 307 g/mol. The van der Waals surface area contributed by atoms with E-state index in [0.29, 0.717) is 0 Å². The third kappa shape index (κ3) is 3.77.